The highest BCUT2D eigenvalue weighted by Gasteiger charge is 2.15. The third-order valence-corrected chi connectivity index (χ3v) is 4.00. The van der Waals surface area contributed by atoms with Crippen LogP contribution in [-0.2, 0) is 6.54 Å². The highest BCUT2D eigenvalue weighted by Crippen LogP contribution is 2.18. The van der Waals surface area contributed by atoms with Crippen LogP contribution in [0.1, 0.15) is 23.5 Å². The van der Waals surface area contributed by atoms with E-state index in [0.717, 1.165) is 17.7 Å². The van der Waals surface area contributed by atoms with Crippen molar-refractivity contribution in [1.29, 1.82) is 0 Å². The summed E-state index contributed by atoms with van der Waals surface area (Å²) in [5.41, 5.74) is 1.55. The van der Waals surface area contributed by atoms with Gasteiger partial charge < -0.3 is 15.3 Å². The fourth-order valence-corrected chi connectivity index (χ4v) is 2.60. The number of urea groups is 1. The van der Waals surface area contributed by atoms with Crippen molar-refractivity contribution < 1.29 is 18.7 Å². The van der Waals surface area contributed by atoms with Crippen molar-refractivity contribution in [3.05, 3.63) is 71.3 Å². The molecule has 1 atom stereocenters. The minimum Gasteiger partial charge on any atom is -0.396 e. The highest BCUT2D eigenvalue weighted by atomic mass is 19.2. The van der Waals surface area contributed by atoms with Crippen LogP contribution >= 0.6 is 0 Å². The molecule has 2 N–H and O–H groups in total. The molecule has 0 aliphatic rings. The van der Waals surface area contributed by atoms with Crippen LogP contribution < -0.4 is 5.32 Å². The van der Waals surface area contributed by atoms with E-state index in [2.05, 4.69) is 5.32 Å². The molecule has 2 aromatic carbocycles. The van der Waals surface area contributed by atoms with E-state index >= 15 is 0 Å². The monoisotopic (exact) mass is 348 g/mol. The lowest BCUT2D eigenvalue weighted by Gasteiger charge is -2.21. The number of benzene rings is 2. The topological polar surface area (TPSA) is 52.6 Å². The average Bonchev–Trinajstić information content (AvgIpc) is 2.62. The molecule has 0 saturated carbocycles. The molecular formula is C19H22F2N2O2. The van der Waals surface area contributed by atoms with E-state index in [1.807, 2.05) is 30.3 Å². The van der Waals surface area contributed by atoms with Gasteiger partial charge in [-0.2, -0.15) is 0 Å². The van der Waals surface area contributed by atoms with Crippen molar-refractivity contribution in [3.8, 4) is 0 Å². The maximum Gasteiger partial charge on any atom is 0.317 e. The SMILES string of the molecule is CN(Cc1ccc(F)c(F)c1)C(=O)NCC(CCO)c1ccccc1. The van der Waals surface area contributed by atoms with E-state index < -0.39 is 11.6 Å². The van der Waals surface area contributed by atoms with Crippen LogP contribution in [0.2, 0.25) is 0 Å². The molecule has 0 radical (unpaired) electrons. The van der Waals surface area contributed by atoms with Gasteiger partial charge in [0.2, 0.25) is 0 Å². The van der Waals surface area contributed by atoms with Gasteiger partial charge in [-0.3, -0.25) is 0 Å². The van der Waals surface area contributed by atoms with E-state index in [9.17, 15) is 18.7 Å². The van der Waals surface area contributed by atoms with Crippen LogP contribution in [-0.4, -0.2) is 36.2 Å². The lowest BCUT2D eigenvalue weighted by atomic mass is 9.96. The van der Waals surface area contributed by atoms with E-state index in [1.54, 1.807) is 7.05 Å². The Morgan fingerprint density at radius 2 is 1.88 bits per heavy atom. The minimum absolute atomic E-state index is 0.00631. The first-order valence-electron chi connectivity index (χ1n) is 8.10. The van der Waals surface area contributed by atoms with Gasteiger partial charge in [-0.15, -0.1) is 0 Å². The van der Waals surface area contributed by atoms with Gasteiger partial charge in [0.15, 0.2) is 11.6 Å². The Labute approximate surface area is 146 Å². The van der Waals surface area contributed by atoms with Crippen molar-refractivity contribution in [3.63, 3.8) is 0 Å². The third kappa shape index (κ3) is 5.53. The highest BCUT2D eigenvalue weighted by molar-refractivity contribution is 5.73. The Bertz CT molecular complexity index is 695. The predicted molar refractivity (Wildman–Crippen MR) is 92.1 cm³/mol. The van der Waals surface area contributed by atoms with Crippen molar-refractivity contribution in [1.82, 2.24) is 10.2 Å². The van der Waals surface area contributed by atoms with Gasteiger partial charge in [-0.1, -0.05) is 36.4 Å². The van der Waals surface area contributed by atoms with E-state index in [0.29, 0.717) is 18.5 Å². The second-order valence-corrected chi connectivity index (χ2v) is 5.91. The van der Waals surface area contributed by atoms with Gasteiger partial charge >= 0.3 is 6.03 Å². The number of aliphatic hydroxyl groups excluding tert-OH is 1. The van der Waals surface area contributed by atoms with Crippen LogP contribution in [0.4, 0.5) is 13.6 Å². The van der Waals surface area contributed by atoms with Crippen molar-refractivity contribution in [2.75, 3.05) is 20.2 Å². The van der Waals surface area contributed by atoms with Crippen LogP contribution in [0.25, 0.3) is 0 Å². The molecule has 2 amide bonds. The van der Waals surface area contributed by atoms with Crippen LogP contribution in [0.3, 0.4) is 0 Å². The number of amides is 2. The Morgan fingerprint density at radius 1 is 1.16 bits per heavy atom. The van der Waals surface area contributed by atoms with Gasteiger partial charge in [0, 0.05) is 32.7 Å². The normalized spacial score (nSPS) is 11.8. The fourth-order valence-electron chi connectivity index (χ4n) is 2.60. The third-order valence-electron chi connectivity index (χ3n) is 4.00. The number of rotatable bonds is 7. The lowest BCUT2D eigenvalue weighted by molar-refractivity contribution is 0.204. The molecule has 25 heavy (non-hydrogen) atoms. The molecule has 0 aromatic heterocycles. The number of halogens is 2. The second-order valence-electron chi connectivity index (χ2n) is 5.91. The molecule has 6 heteroatoms. The summed E-state index contributed by atoms with van der Waals surface area (Å²) in [6.45, 7) is 0.574. The summed E-state index contributed by atoms with van der Waals surface area (Å²) in [6, 6.07) is 12.9. The summed E-state index contributed by atoms with van der Waals surface area (Å²) < 4.78 is 26.2. The summed E-state index contributed by atoms with van der Waals surface area (Å²) in [4.78, 5) is 13.6. The Morgan fingerprint density at radius 3 is 2.52 bits per heavy atom. The molecule has 2 rings (SSSR count). The van der Waals surface area contributed by atoms with E-state index in [1.165, 1.54) is 11.0 Å². The molecule has 0 saturated heterocycles. The summed E-state index contributed by atoms with van der Waals surface area (Å²) in [6.07, 6.45) is 0.539. The standard InChI is InChI=1S/C19H22F2N2O2/c1-23(13-14-7-8-17(20)18(21)11-14)19(25)22-12-16(9-10-24)15-5-3-2-4-6-15/h2-8,11,16,24H,9-10,12-13H2,1H3,(H,22,25). The maximum absolute atomic E-state index is 13.2. The Balaban J connectivity index is 1.92. The summed E-state index contributed by atoms with van der Waals surface area (Å²) >= 11 is 0. The molecule has 0 bridgehead atoms. The first kappa shape index (κ1) is 18.9. The Hall–Kier alpha value is -2.47. The quantitative estimate of drug-likeness (QED) is 0.807. The van der Waals surface area contributed by atoms with Crippen molar-refractivity contribution in [2.45, 2.75) is 18.9 Å². The molecule has 134 valence electrons. The zero-order valence-corrected chi connectivity index (χ0v) is 14.1. The number of nitrogens with one attached hydrogen (secondary N) is 1. The summed E-state index contributed by atoms with van der Waals surface area (Å²) in [7, 11) is 1.58. The summed E-state index contributed by atoms with van der Waals surface area (Å²) in [5, 5.41) is 12.0. The van der Waals surface area contributed by atoms with E-state index in [-0.39, 0.29) is 25.1 Å². The molecular weight excluding hydrogens is 326 g/mol. The predicted octanol–water partition coefficient (Wildman–Crippen LogP) is 3.27. The first-order valence-corrected chi connectivity index (χ1v) is 8.10. The zero-order chi connectivity index (χ0) is 18.2. The van der Waals surface area contributed by atoms with E-state index in [4.69, 9.17) is 0 Å². The second kappa shape index (κ2) is 9.13. The zero-order valence-electron chi connectivity index (χ0n) is 14.1. The largest absolute Gasteiger partial charge is 0.396 e. The first-order chi connectivity index (χ1) is 12.0. The van der Waals surface area contributed by atoms with Crippen molar-refractivity contribution in [2.24, 2.45) is 0 Å². The van der Waals surface area contributed by atoms with Gasteiger partial charge in [0.25, 0.3) is 0 Å². The number of hydrogen-bond donors (Lipinski definition) is 2. The van der Waals surface area contributed by atoms with Gasteiger partial charge in [-0.05, 0) is 29.7 Å². The van der Waals surface area contributed by atoms with Crippen LogP contribution in [0, 0.1) is 11.6 Å². The summed E-state index contributed by atoms with van der Waals surface area (Å²) in [5.74, 6) is -1.84. The van der Waals surface area contributed by atoms with Crippen LogP contribution in [0.15, 0.2) is 48.5 Å². The van der Waals surface area contributed by atoms with Crippen molar-refractivity contribution >= 4 is 6.03 Å². The maximum atomic E-state index is 13.2. The number of nitrogens with zero attached hydrogens (tertiary/aromatic N) is 1. The van der Waals surface area contributed by atoms with Gasteiger partial charge in [0.05, 0.1) is 0 Å². The number of hydrogen-bond acceptors (Lipinski definition) is 2. The smallest absolute Gasteiger partial charge is 0.317 e. The number of aliphatic hydroxyl groups is 1. The molecule has 2 aromatic rings. The Kier molecular flexibility index (Phi) is 6.89. The fraction of sp³-hybridized carbons (Fsp3) is 0.316. The van der Waals surface area contributed by atoms with Gasteiger partial charge in [-0.25, -0.2) is 13.6 Å². The molecule has 0 spiro atoms. The van der Waals surface area contributed by atoms with Gasteiger partial charge in [0.1, 0.15) is 0 Å². The van der Waals surface area contributed by atoms with Crippen LogP contribution in [0.5, 0.6) is 0 Å². The average molecular weight is 348 g/mol. The lowest BCUT2D eigenvalue weighted by Crippen LogP contribution is -2.39. The minimum atomic E-state index is -0.932. The number of carbonyl (C=O) groups is 1. The molecule has 4 nitrogen and oxygen atoms in total. The molecule has 0 heterocycles. The molecule has 0 aliphatic heterocycles. The molecule has 0 aliphatic carbocycles. The number of carbonyl (C=O) groups excluding carboxylic acids is 1. The molecule has 1 unspecified atom stereocenters. The molecule has 0 fully saturated rings.